The average Bonchev–Trinajstić information content (AvgIpc) is 3.30. The average molecular weight is 428 g/mol. The summed E-state index contributed by atoms with van der Waals surface area (Å²) in [5.41, 5.74) is 2.94. The van der Waals surface area contributed by atoms with E-state index in [0.29, 0.717) is 19.4 Å². The summed E-state index contributed by atoms with van der Waals surface area (Å²) >= 11 is 0. The third-order valence-corrected chi connectivity index (χ3v) is 7.90. The van der Waals surface area contributed by atoms with Crippen LogP contribution in [0.5, 0.6) is 0 Å². The first-order valence-electron chi connectivity index (χ1n) is 10.7. The largest absolute Gasteiger partial charge is 0.372 e. The molecule has 0 aromatic heterocycles. The molecule has 2 aliphatic heterocycles. The van der Waals surface area contributed by atoms with Crippen molar-refractivity contribution in [3.8, 4) is 0 Å². The van der Waals surface area contributed by atoms with Crippen LogP contribution >= 0.6 is 0 Å². The van der Waals surface area contributed by atoms with Gasteiger partial charge in [0.1, 0.15) is 0 Å². The molecule has 2 saturated heterocycles. The number of piperidine rings is 1. The smallest absolute Gasteiger partial charge is 0.243 e. The van der Waals surface area contributed by atoms with Crippen LogP contribution in [-0.2, 0) is 14.8 Å². The topological polar surface area (TPSA) is 69.7 Å². The summed E-state index contributed by atoms with van der Waals surface area (Å²) in [4.78, 5) is 15.5. The highest BCUT2D eigenvalue weighted by atomic mass is 32.2. The van der Waals surface area contributed by atoms with E-state index >= 15 is 0 Å². The Bertz CT molecular complexity index is 981. The van der Waals surface area contributed by atoms with Gasteiger partial charge in [0.2, 0.25) is 15.9 Å². The number of aryl methyl sites for hydroxylation is 1. The number of sulfonamides is 1. The Labute approximate surface area is 178 Å². The Balaban J connectivity index is 1.40. The van der Waals surface area contributed by atoms with Gasteiger partial charge in [-0.3, -0.25) is 4.79 Å². The van der Waals surface area contributed by atoms with Crippen LogP contribution in [0, 0.1) is 12.8 Å². The van der Waals surface area contributed by atoms with Crippen LogP contribution in [-0.4, -0.2) is 44.8 Å². The summed E-state index contributed by atoms with van der Waals surface area (Å²) < 4.78 is 27.4. The molecule has 2 fully saturated rings. The van der Waals surface area contributed by atoms with Gasteiger partial charge >= 0.3 is 0 Å². The molecule has 0 spiro atoms. The molecule has 0 saturated carbocycles. The maximum atomic E-state index is 13.0. The molecule has 4 rings (SSSR count). The van der Waals surface area contributed by atoms with Crippen LogP contribution in [0.3, 0.4) is 0 Å². The van der Waals surface area contributed by atoms with Crippen LogP contribution in [0.25, 0.3) is 0 Å². The van der Waals surface area contributed by atoms with Gasteiger partial charge in [-0.25, -0.2) is 8.42 Å². The van der Waals surface area contributed by atoms with Crippen LogP contribution in [0.2, 0.25) is 0 Å². The molecule has 160 valence electrons. The van der Waals surface area contributed by atoms with Gasteiger partial charge in [-0.15, -0.1) is 0 Å². The lowest BCUT2D eigenvalue weighted by atomic mass is 9.98. The fraction of sp³-hybridized carbons (Fsp3) is 0.435. The fourth-order valence-corrected chi connectivity index (χ4v) is 5.73. The van der Waals surface area contributed by atoms with E-state index < -0.39 is 10.0 Å². The molecule has 2 aliphatic rings. The Morgan fingerprint density at radius 1 is 0.933 bits per heavy atom. The van der Waals surface area contributed by atoms with Crippen molar-refractivity contribution in [2.45, 2.75) is 37.5 Å². The molecule has 2 aromatic carbocycles. The number of benzene rings is 2. The van der Waals surface area contributed by atoms with E-state index in [0.717, 1.165) is 24.3 Å². The number of amides is 1. The minimum absolute atomic E-state index is 0.118. The highest BCUT2D eigenvalue weighted by Gasteiger charge is 2.33. The van der Waals surface area contributed by atoms with Crippen molar-refractivity contribution in [2.24, 2.45) is 5.92 Å². The molecule has 1 N–H and O–H groups in total. The fourth-order valence-electron chi connectivity index (χ4n) is 4.21. The van der Waals surface area contributed by atoms with Crippen LogP contribution in [0.15, 0.2) is 53.4 Å². The molecular weight excluding hydrogens is 398 g/mol. The lowest BCUT2D eigenvalue weighted by Gasteiger charge is -2.31. The van der Waals surface area contributed by atoms with E-state index in [-0.39, 0.29) is 23.3 Å². The Morgan fingerprint density at radius 2 is 1.60 bits per heavy atom. The molecule has 0 aliphatic carbocycles. The second-order valence-electron chi connectivity index (χ2n) is 8.25. The van der Waals surface area contributed by atoms with E-state index in [1.807, 2.05) is 31.2 Å². The molecule has 0 bridgehead atoms. The molecule has 0 unspecified atom stereocenters. The lowest BCUT2D eigenvalue weighted by molar-refractivity contribution is -0.120. The highest BCUT2D eigenvalue weighted by molar-refractivity contribution is 7.89. The molecule has 6 nitrogen and oxygen atoms in total. The molecule has 1 amide bonds. The van der Waals surface area contributed by atoms with Gasteiger partial charge in [-0.05, 0) is 69.0 Å². The van der Waals surface area contributed by atoms with Gasteiger partial charge in [0.05, 0.1) is 10.8 Å². The summed E-state index contributed by atoms with van der Waals surface area (Å²) in [6.45, 7) is 4.76. The summed E-state index contributed by atoms with van der Waals surface area (Å²) in [5, 5.41) is 2.97. The van der Waals surface area contributed by atoms with Gasteiger partial charge in [0.15, 0.2) is 0 Å². The first-order chi connectivity index (χ1) is 14.4. The summed E-state index contributed by atoms with van der Waals surface area (Å²) in [5.74, 6) is -0.468. The van der Waals surface area contributed by atoms with Crippen molar-refractivity contribution in [1.29, 1.82) is 0 Å². The summed E-state index contributed by atoms with van der Waals surface area (Å²) in [7, 11) is -3.59. The van der Waals surface area contributed by atoms with E-state index in [1.54, 1.807) is 24.3 Å². The Hall–Kier alpha value is -2.38. The monoisotopic (exact) mass is 427 g/mol. The molecule has 2 aromatic rings. The number of hydrogen-bond donors (Lipinski definition) is 1. The van der Waals surface area contributed by atoms with Gasteiger partial charge in [0, 0.05) is 37.6 Å². The number of nitrogens with one attached hydrogen (secondary N) is 1. The zero-order valence-electron chi connectivity index (χ0n) is 17.4. The Morgan fingerprint density at radius 3 is 2.27 bits per heavy atom. The highest BCUT2D eigenvalue weighted by Crippen LogP contribution is 2.26. The number of rotatable bonds is 5. The van der Waals surface area contributed by atoms with Crippen LogP contribution < -0.4 is 10.2 Å². The first kappa shape index (κ1) is 20.9. The van der Waals surface area contributed by atoms with Crippen LogP contribution in [0.1, 0.15) is 31.2 Å². The first-order valence-corrected chi connectivity index (χ1v) is 12.1. The number of carbonyl (C=O) groups excluding carboxylic acids is 1. The van der Waals surface area contributed by atoms with E-state index in [4.69, 9.17) is 0 Å². The molecule has 1 atom stereocenters. The lowest BCUT2D eigenvalue weighted by Crippen LogP contribution is -2.43. The van der Waals surface area contributed by atoms with E-state index in [1.165, 1.54) is 22.8 Å². The molecule has 30 heavy (non-hydrogen) atoms. The van der Waals surface area contributed by atoms with Crippen molar-refractivity contribution in [3.05, 3.63) is 54.1 Å². The maximum absolute atomic E-state index is 13.0. The SMILES string of the molecule is Cc1ccc(S(=O)(=O)N2CCC[C@@H](C(=O)Nc3ccc(N4CCCC4)cc3)C2)cc1. The minimum Gasteiger partial charge on any atom is -0.372 e. The summed E-state index contributed by atoms with van der Waals surface area (Å²) in [6, 6.07) is 14.8. The Kier molecular flexibility index (Phi) is 6.11. The quantitative estimate of drug-likeness (QED) is 0.791. The second-order valence-corrected chi connectivity index (χ2v) is 10.2. The minimum atomic E-state index is -3.59. The number of carbonyl (C=O) groups is 1. The number of nitrogens with zero attached hydrogens (tertiary/aromatic N) is 2. The molecule has 0 radical (unpaired) electrons. The van der Waals surface area contributed by atoms with E-state index in [2.05, 4.69) is 10.2 Å². The zero-order chi connectivity index (χ0) is 21.1. The van der Waals surface area contributed by atoms with Crippen molar-refractivity contribution in [1.82, 2.24) is 4.31 Å². The third kappa shape index (κ3) is 4.52. The van der Waals surface area contributed by atoms with Gasteiger partial charge < -0.3 is 10.2 Å². The van der Waals surface area contributed by atoms with Gasteiger partial charge in [-0.1, -0.05) is 17.7 Å². The standard InChI is InChI=1S/C23H29N3O3S/c1-18-6-12-22(13-7-18)30(28,29)26-16-4-5-19(17-26)23(27)24-20-8-10-21(11-9-20)25-14-2-3-15-25/h6-13,19H,2-5,14-17H2,1H3,(H,24,27)/t19-/m1/s1. The van der Waals surface area contributed by atoms with Gasteiger partial charge in [-0.2, -0.15) is 4.31 Å². The van der Waals surface area contributed by atoms with Gasteiger partial charge in [0.25, 0.3) is 0 Å². The third-order valence-electron chi connectivity index (χ3n) is 6.02. The van der Waals surface area contributed by atoms with Crippen molar-refractivity contribution in [3.63, 3.8) is 0 Å². The van der Waals surface area contributed by atoms with E-state index in [9.17, 15) is 13.2 Å². The normalized spacial score (nSPS) is 20.3. The zero-order valence-corrected chi connectivity index (χ0v) is 18.2. The molecular formula is C23H29N3O3S. The predicted molar refractivity (Wildman–Crippen MR) is 119 cm³/mol. The van der Waals surface area contributed by atoms with Crippen LogP contribution in [0.4, 0.5) is 11.4 Å². The van der Waals surface area contributed by atoms with Crippen molar-refractivity contribution in [2.75, 3.05) is 36.4 Å². The molecule has 7 heteroatoms. The maximum Gasteiger partial charge on any atom is 0.243 e. The molecule has 2 heterocycles. The number of hydrogen-bond acceptors (Lipinski definition) is 4. The number of anilines is 2. The van der Waals surface area contributed by atoms with Crippen molar-refractivity contribution >= 4 is 27.3 Å². The predicted octanol–water partition coefficient (Wildman–Crippen LogP) is 3.63. The van der Waals surface area contributed by atoms with Crippen molar-refractivity contribution < 1.29 is 13.2 Å². The summed E-state index contributed by atoms with van der Waals surface area (Å²) in [6.07, 6.45) is 3.82. The second kappa shape index (κ2) is 8.78.